The molecule has 1 aliphatic carbocycles. The molecule has 0 saturated heterocycles. The van der Waals surface area contributed by atoms with Crippen molar-refractivity contribution in [3.8, 4) is 0 Å². The number of hydrogen-bond donors (Lipinski definition) is 1. The van der Waals surface area contributed by atoms with E-state index in [1.54, 1.807) is 23.3 Å². The Kier molecular flexibility index (Phi) is 7.62. The number of thiophene rings is 1. The van der Waals surface area contributed by atoms with Crippen LogP contribution in [0.5, 0.6) is 0 Å². The van der Waals surface area contributed by atoms with Crippen molar-refractivity contribution < 1.29 is 14.3 Å². The van der Waals surface area contributed by atoms with Crippen molar-refractivity contribution in [3.63, 3.8) is 0 Å². The minimum Gasteiger partial charge on any atom is -0.383 e. The zero-order valence-electron chi connectivity index (χ0n) is 16.3. The summed E-state index contributed by atoms with van der Waals surface area (Å²) in [6.45, 7) is 0.759. The molecule has 0 unspecified atom stereocenters. The quantitative estimate of drug-likeness (QED) is 0.700. The molecule has 1 fully saturated rings. The van der Waals surface area contributed by atoms with Crippen molar-refractivity contribution in [1.29, 1.82) is 0 Å². The highest BCUT2D eigenvalue weighted by Crippen LogP contribution is 2.25. The van der Waals surface area contributed by atoms with Crippen molar-refractivity contribution >= 4 is 23.2 Å². The maximum atomic E-state index is 13.3. The Morgan fingerprint density at radius 1 is 1.18 bits per heavy atom. The fourth-order valence-electron chi connectivity index (χ4n) is 3.71. The van der Waals surface area contributed by atoms with Gasteiger partial charge in [-0.3, -0.25) is 9.59 Å². The van der Waals surface area contributed by atoms with Crippen LogP contribution in [-0.4, -0.2) is 43.0 Å². The van der Waals surface area contributed by atoms with Gasteiger partial charge in [-0.2, -0.15) is 0 Å². The molecule has 0 spiro atoms. The number of carbonyl (C=O) groups is 2. The minimum atomic E-state index is -0.649. The molecule has 150 valence electrons. The number of nitrogens with zero attached hydrogens (tertiary/aromatic N) is 1. The maximum Gasteiger partial charge on any atom is 0.247 e. The van der Waals surface area contributed by atoms with Crippen LogP contribution in [-0.2, 0) is 20.7 Å². The number of rotatable bonds is 9. The van der Waals surface area contributed by atoms with E-state index in [1.165, 1.54) is 0 Å². The normalized spacial score (nSPS) is 15.3. The van der Waals surface area contributed by atoms with Gasteiger partial charge in [-0.15, -0.1) is 11.3 Å². The molecule has 3 rings (SSSR count). The monoisotopic (exact) mass is 400 g/mol. The van der Waals surface area contributed by atoms with E-state index in [0.717, 1.165) is 36.1 Å². The lowest BCUT2D eigenvalue weighted by atomic mass is 10.0. The molecule has 5 nitrogen and oxygen atoms in total. The lowest BCUT2D eigenvalue weighted by molar-refractivity contribution is -0.141. The highest BCUT2D eigenvalue weighted by atomic mass is 32.1. The Hall–Kier alpha value is -2.18. The van der Waals surface area contributed by atoms with Gasteiger partial charge in [0, 0.05) is 24.6 Å². The van der Waals surface area contributed by atoms with Crippen LogP contribution in [0.4, 0.5) is 0 Å². The summed E-state index contributed by atoms with van der Waals surface area (Å²) in [7, 11) is 1.61. The molecule has 1 atom stereocenters. The standard InChI is InChI=1S/C22H28N2O3S/c1-27-14-13-24(20(25)16-19-12-7-15-28-19)21(17-8-3-2-4-9-17)22(26)23-18-10-5-6-11-18/h2-4,7-9,12,15,18,21H,5-6,10-11,13-14,16H2,1H3,(H,23,26)/t21-/m0/s1. The number of hydrogen-bond acceptors (Lipinski definition) is 4. The molecule has 28 heavy (non-hydrogen) atoms. The molecular weight excluding hydrogens is 372 g/mol. The SMILES string of the molecule is COCCN(C(=O)Cc1cccs1)[C@H](C(=O)NC1CCCC1)c1ccccc1. The van der Waals surface area contributed by atoms with Gasteiger partial charge in [-0.1, -0.05) is 49.2 Å². The van der Waals surface area contributed by atoms with Crippen LogP contribution in [0.2, 0.25) is 0 Å². The van der Waals surface area contributed by atoms with E-state index in [1.807, 2.05) is 47.8 Å². The van der Waals surface area contributed by atoms with E-state index in [4.69, 9.17) is 4.74 Å². The Balaban J connectivity index is 1.85. The number of amides is 2. The van der Waals surface area contributed by atoms with Gasteiger partial charge in [0.05, 0.1) is 13.0 Å². The summed E-state index contributed by atoms with van der Waals surface area (Å²) >= 11 is 1.56. The zero-order chi connectivity index (χ0) is 19.8. The summed E-state index contributed by atoms with van der Waals surface area (Å²) in [4.78, 5) is 29.1. The molecule has 0 aliphatic heterocycles. The second-order valence-corrected chi connectivity index (χ2v) is 8.17. The number of benzene rings is 1. The molecule has 0 radical (unpaired) electrons. The zero-order valence-corrected chi connectivity index (χ0v) is 17.1. The van der Waals surface area contributed by atoms with Crippen molar-refractivity contribution in [2.24, 2.45) is 0 Å². The largest absolute Gasteiger partial charge is 0.383 e. The van der Waals surface area contributed by atoms with E-state index in [9.17, 15) is 9.59 Å². The molecule has 1 saturated carbocycles. The Bertz CT molecular complexity index is 742. The van der Waals surface area contributed by atoms with Gasteiger partial charge >= 0.3 is 0 Å². The van der Waals surface area contributed by atoms with Crippen LogP contribution in [0.25, 0.3) is 0 Å². The molecule has 0 bridgehead atoms. The molecule has 2 aromatic rings. The first-order chi connectivity index (χ1) is 13.7. The Labute approximate surface area is 170 Å². The van der Waals surface area contributed by atoms with Gasteiger partial charge < -0.3 is 15.0 Å². The van der Waals surface area contributed by atoms with Crippen LogP contribution in [0.1, 0.15) is 42.2 Å². The van der Waals surface area contributed by atoms with Crippen LogP contribution >= 0.6 is 11.3 Å². The van der Waals surface area contributed by atoms with Crippen molar-refractivity contribution in [1.82, 2.24) is 10.2 Å². The van der Waals surface area contributed by atoms with Crippen molar-refractivity contribution in [2.75, 3.05) is 20.3 Å². The van der Waals surface area contributed by atoms with Gasteiger partial charge in [-0.25, -0.2) is 0 Å². The average molecular weight is 401 g/mol. The first-order valence-corrected chi connectivity index (χ1v) is 10.7. The summed E-state index contributed by atoms with van der Waals surface area (Å²) in [5, 5.41) is 5.14. The topological polar surface area (TPSA) is 58.6 Å². The van der Waals surface area contributed by atoms with Crippen molar-refractivity contribution in [2.45, 2.75) is 44.2 Å². The highest BCUT2D eigenvalue weighted by molar-refractivity contribution is 7.10. The average Bonchev–Trinajstić information content (AvgIpc) is 3.40. The smallest absolute Gasteiger partial charge is 0.247 e. The van der Waals surface area contributed by atoms with E-state index >= 15 is 0 Å². The molecule has 2 amide bonds. The van der Waals surface area contributed by atoms with E-state index in [2.05, 4.69) is 5.32 Å². The van der Waals surface area contributed by atoms with E-state index in [-0.39, 0.29) is 17.9 Å². The fraction of sp³-hybridized carbons (Fsp3) is 0.455. The lowest BCUT2D eigenvalue weighted by Gasteiger charge is -2.32. The molecule has 1 aliphatic rings. The Morgan fingerprint density at radius 3 is 2.57 bits per heavy atom. The van der Waals surface area contributed by atoms with Gasteiger partial charge in [0.2, 0.25) is 11.8 Å². The lowest BCUT2D eigenvalue weighted by Crippen LogP contribution is -2.47. The number of carbonyl (C=O) groups excluding carboxylic acids is 2. The fourth-order valence-corrected chi connectivity index (χ4v) is 4.41. The molecular formula is C22H28N2O3S. The maximum absolute atomic E-state index is 13.3. The predicted molar refractivity (Wildman–Crippen MR) is 111 cm³/mol. The van der Waals surface area contributed by atoms with Gasteiger partial charge in [0.1, 0.15) is 6.04 Å². The number of methoxy groups -OCH3 is 1. The first kappa shape index (κ1) is 20.6. The van der Waals surface area contributed by atoms with Crippen molar-refractivity contribution in [3.05, 3.63) is 58.3 Å². The molecule has 1 heterocycles. The second-order valence-electron chi connectivity index (χ2n) is 7.14. The van der Waals surface area contributed by atoms with Crippen LogP contribution in [0, 0.1) is 0 Å². The summed E-state index contributed by atoms with van der Waals surface area (Å²) in [6, 6.07) is 13.0. The highest BCUT2D eigenvalue weighted by Gasteiger charge is 2.32. The Morgan fingerprint density at radius 2 is 1.93 bits per heavy atom. The van der Waals surface area contributed by atoms with E-state index < -0.39 is 6.04 Å². The third-order valence-corrected chi connectivity index (χ3v) is 6.02. The summed E-state index contributed by atoms with van der Waals surface area (Å²) in [5.41, 5.74) is 0.827. The number of ether oxygens (including phenoxy) is 1. The van der Waals surface area contributed by atoms with Crippen LogP contribution in [0.15, 0.2) is 47.8 Å². The van der Waals surface area contributed by atoms with Crippen LogP contribution < -0.4 is 5.32 Å². The number of nitrogens with one attached hydrogen (secondary N) is 1. The summed E-state index contributed by atoms with van der Waals surface area (Å²) in [5.74, 6) is -0.163. The molecule has 1 aromatic heterocycles. The van der Waals surface area contributed by atoms with Crippen LogP contribution in [0.3, 0.4) is 0 Å². The van der Waals surface area contributed by atoms with Gasteiger partial charge in [-0.05, 0) is 29.9 Å². The van der Waals surface area contributed by atoms with E-state index in [0.29, 0.717) is 19.6 Å². The third kappa shape index (κ3) is 5.42. The first-order valence-electron chi connectivity index (χ1n) is 9.85. The summed E-state index contributed by atoms with van der Waals surface area (Å²) in [6.07, 6.45) is 4.60. The molecule has 1 N–H and O–H groups in total. The predicted octanol–water partition coefficient (Wildman–Crippen LogP) is 3.57. The molecule has 1 aromatic carbocycles. The third-order valence-electron chi connectivity index (χ3n) is 5.14. The second kappa shape index (κ2) is 10.4. The molecule has 6 heteroatoms. The minimum absolute atomic E-state index is 0.0603. The van der Waals surface area contributed by atoms with Gasteiger partial charge in [0.15, 0.2) is 0 Å². The summed E-state index contributed by atoms with van der Waals surface area (Å²) < 4.78 is 5.23. The van der Waals surface area contributed by atoms with Gasteiger partial charge in [0.25, 0.3) is 0 Å².